The van der Waals surface area contributed by atoms with E-state index >= 15 is 0 Å². The lowest BCUT2D eigenvalue weighted by Gasteiger charge is -2.32. The first kappa shape index (κ1) is 15.5. The van der Waals surface area contributed by atoms with Gasteiger partial charge >= 0.3 is 0 Å². The number of hydrogen-bond donors (Lipinski definition) is 2. The third kappa shape index (κ3) is 4.89. The second-order valence-electron chi connectivity index (χ2n) is 5.36. The summed E-state index contributed by atoms with van der Waals surface area (Å²) in [5.74, 6) is 0.723. The number of carbonyl (C=O) groups is 1. The van der Waals surface area contributed by atoms with E-state index < -0.39 is 0 Å². The maximum atomic E-state index is 12.1. The first-order valence-corrected chi connectivity index (χ1v) is 7.89. The van der Waals surface area contributed by atoms with Gasteiger partial charge in [-0.15, -0.1) is 0 Å². The molecule has 1 unspecified atom stereocenters. The molecular formula is C15H22BrN3O. The van der Waals surface area contributed by atoms with E-state index in [0.717, 1.165) is 29.8 Å². The zero-order valence-corrected chi connectivity index (χ0v) is 13.4. The number of nitrogens with one attached hydrogen (secondary N) is 2. The summed E-state index contributed by atoms with van der Waals surface area (Å²) in [5.41, 5.74) is 0.841. The van der Waals surface area contributed by atoms with Crippen LogP contribution in [0.4, 0.5) is 5.69 Å². The SMILES string of the molecule is CNCC1CCCN(CC(=O)Nc2cccc(Br)c2)C1. The third-order valence-corrected chi connectivity index (χ3v) is 4.06. The molecule has 0 aliphatic carbocycles. The Morgan fingerprint density at radius 2 is 2.35 bits per heavy atom. The predicted molar refractivity (Wildman–Crippen MR) is 85.9 cm³/mol. The van der Waals surface area contributed by atoms with Crippen LogP contribution in [0, 0.1) is 5.92 Å². The molecule has 0 spiro atoms. The van der Waals surface area contributed by atoms with Gasteiger partial charge in [-0.1, -0.05) is 22.0 Å². The molecule has 1 aliphatic rings. The smallest absolute Gasteiger partial charge is 0.238 e. The topological polar surface area (TPSA) is 44.4 Å². The monoisotopic (exact) mass is 339 g/mol. The molecule has 1 saturated heterocycles. The van der Waals surface area contributed by atoms with Gasteiger partial charge in [0.2, 0.25) is 5.91 Å². The van der Waals surface area contributed by atoms with Crippen LogP contribution in [0.25, 0.3) is 0 Å². The van der Waals surface area contributed by atoms with Crippen molar-refractivity contribution in [3.05, 3.63) is 28.7 Å². The number of nitrogens with zero attached hydrogens (tertiary/aromatic N) is 1. The minimum absolute atomic E-state index is 0.0632. The molecule has 0 bridgehead atoms. The van der Waals surface area contributed by atoms with Crippen LogP contribution in [-0.2, 0) is 4.79 Å². The van der Waals surface area contributed by atoms with Crippen molar-refractivity contribution in [2.75, 3.05) is 38.5 Å². The average Bonchev–Trinajstić information content (AvgIpc) is 2.39. The van der Waals surface area contributed by atoms with Crippen LogP contribution >= 0.6 is 15.9 Å². The normalized spacial score (nSPS) is 19.8. The maximum absolute atomic E-state index is 12.1. The Kier molecular flexibility index (Phi) is 6.01. The van der Waals surface area contributed by atoms with E-state index in [1.54, 1.807) is 0 Å². The highest BCUT2D eigenvalue weighted by Crippen LogP contribution is 2.17. The van der Waals surface area contributed by atoms with Crippen molar-refractivity contribution in [3.8, 4) is 0 Å². The number of anilines is 1. The summed E-state index contributed by atoms with van der Waals surface area (Å²) < 4.78 is 0.974. The summed E-state index contributed by atoms with van der Waals surface area (Å²) >= 11 is 3.41. The number of likely N-dealkylation sites (tertiary alicyclic amines) is 1. The van der Waals surface area contributed by atoms with Gasteiger partial charge in [-0.05, 0) is 57.1 Å². The highest BCUT2D eigenvalue weighted by molar-refractivity contribution is 9.10. The number of hydrogen-bond acceptors (Lipinski definition) is 3. The van der Waals surface area contributed by atoms with Crippen molar-refractivity contribution >= 4 is 27.5 Å². The molecule has 0 aromatic heterocycles. The van der Waals surface area contributed by atoms with Crippen molar-refractivity contribution in [1.29, 1.82) is 0 Å². The first-order valence-electron chi connectivity index (χ1n) is 7.10. The van der Waals surface area contributed by atoms with Crippen molar-refractivity contribution < 1.29 is 4.79 Å². The van der Waals surface area contributed by atoms with Crippen molar-refractivity contribution in [2.24, 2.45) is 5.92 Å². The number of benzene rings is 1. The van der Waals surface area contributed by atoms with Gasteiger partial charge in [-0.3, -0.25) is 9.69 Å². The molecule has 5 heteroatoms. The van der Waals surface area contributed by atoms with Gasteiger partial charge in [0.25, 0.3) is 0 Å². The number of rotatable bonds is 5. The molecule has 1 aromatic carbocycles. The third-order valence-electron chi connectivity index (χ3n) is 3.57. The average molecular weight is 340 g/mol. The van der Waals surface area contributed by atoms with E-state index in [4.69, 9.17) is 0 Å². The van der Waals surface area contributed by atoms with Crippen LogP contribution in [0.2, 0.25) is 0 Å². The van der Waals surface area contributed by atoms with Gasteiger partial charge in [0.05, 0.1) is 6.54 Å². The highest BCUT2D eigenvalue weighted by Gasteiger charge is 2.20. The molecular weight excluding hydrogens is 318 g/mol. The van der Waals surface area contributed by atoms with Crippen LogP contribution in [-0.4, -0.2) is 44.0 Å². The van der Waals surface area contributed by atoms with Gasteiger partial charge in [0.15, 0.2) is 0 Å². The summed E-state index contributed by atoms with van der Waals surface area (Å²) in [6.45, 7) is 3.54. The molecule has 110 valence electrons. The Bertz CT molecular complexity index is 450. The molecule has 2 N–H and O–H groups in total. The van der Waals surface area contributed by atoms with E-state index in [1.165, 1.54) is 12.8 Å². The summed E-state index contributed by atoms with van der Waals surface area (Å²) in [6.07, 6.45) is 2.43. The fourth-order valence-corrected chi connectivity index (χ4v) is 3.12. The minimum atomic E-state index is 0.0632. The molecule has 0 radical (unpaired) electrons. The van der Waals surface area contributed by atoms with Crippen molar-refractivity contribution in [3.63, 3.8) is 0 Å². The highest BCUT2D eigenvalue weighted by atomic mass is 79.9. The summed E-state index contributed by atoms with van der Waals surface area (Å²) in [5, 5.41) is 6.18. The Morgan fingerprint density at radius 1 is 1.50 bits per heavy atom. The van der Waals surface area contributed by atoms with E-state index in [0.29, 0.717) is 12.5 Å². The second-order valence-corrected chi connectivity index (χ2v) is 6.28. The zero-order valence-electron chi connectivity index (χ0n) is 11.9. The Labute approximate surface area is 129 Å². The summed E-state index contributed by atoms with van der Waals surface area (Å²) in [7, 11) is 1.99. The second kappa shape index (κ2) is 7.76. The van der Waals surface area contributed by atoms with Gasteiger partial charge in [0, 0.05) is 16.7 Å². The molecule has 1 heterocycles. The lowest BCUT2D eigenvalue weighted by atomic mass is 9.98. The van der Waals surface area contributed by atoms with Gasteiger partial charge in [0.1, 0.15) is 0 Å². The summed E-state index contributed by atoms with van der Waals surface area (Å²) in [4.78, 5) is 14.3. The molecule has 4 nitrogen and oxygen atoms in total. The van der Waals surface area contributed by atoms with Crippen LogP contribution in [0.15, 0.2) is 28.7 Å². The molecule has 1 fully saturated rings. The van der Waals surface area contributed by atoms with E-state index in [9.17, 15) is 4.79 Å². The van der Waals surface area contributed by atoms with Gasteiger partial charge in [-0.25, -0.2) is 0 Å². The predicted octanol–water partition coefficient (Wildman–Crippen LogP) is 2.32. The lowest BCUT2D eigenvalue weighted by molar-refractivity contribution is -0.117. The van der Waals surface area contributed by atoms with E-state index in [-0.39, 0.29) is 5.91 Å². The van der Waals surface area contributed by atoms with Crippen LogP contribution in [0.1, 0.15) is 12.8 Å². The fourth-order valence-electron chi connectivity index (χ4n) is 2.72. The molecule has 1 atom stereocenters. The number of amides is 1. The van der Waals surface area contributed by atoms with Crippen molar-refractivity contribution in [2.45, 2.75) is 12.8 Å². The van der Waals surface area contributed by atoms with E-state index in [2.05, 4.69) is 31.5 Å². The number of carbonyl (C=O) groups excluding carboxylic acids is 1. The van der Waals surface area contributed by atoms with Gasteiger partial charge < -0.3 is 10.6 Å². The van der Waals surface area contributed by atoms with Gasteiger partial charge in [-0.2, -0.15) is 0 Å². The quantitative estimate of drug-likeness (QED) is 0.865. The molecule has 2 rings (SSSR count). The molecule has 0 saturated carbocycles. The van der Waals surface area contributed by atoms with Crippen LogP contribution in [0.3, 0.4) is 0 Å². The number of piperidine rings is 1. The van der Waals surface area contributed by atoms with Crippen LogP contribution < -0.4 is 10.6 Å². The Hall–Kier alpha value is -0.910. The minimum Gasteiger partial charge on any atom is -0.325 e. The summed E-state index contributed by atoms with van der Waals surface area (Å²) in [6, 6.07) is 7.69. The number of halogens is 1. The fraction of sp³-hybridized carbons (Fsp3) is 0.533. The van der Waals surface area contributed by atoms with Crippen molar-refractivity contribution in [1.82, 2.24) is 10.2 Å². The standard InChI is InChI=1S/C15H22BrN3O/c1-17-9-12-4-3-7-19(10-12)11-15(20)18-14-6-2-5-13(16)8-14/h2,5-6,8,12,17H,3-4,7,9-11H2,1H3,(H,18,20). The Balaban J connectivity index is 1.82. The molecule has 1 aliphatic heterocycles. The largest absolute Gasteiger partial charge is 0.325 e. The first-order chi connectivity index (χ1) is 9.67. The molecule has 20 heavy (non-hydrogen) atoms. The maximum Gasteiger partial charge on any atom is 0.238 e. The Morgan fingerprint density at radius 3 is 3.10 bits per heavy atom. The molecule has 1 amide bonds. The lowest BCUT2D eigenvalue weighted by Crippen LogP contribution is -2.42. The van der Waals surface area contributed by atoms with E-state index in [1.807, 2.05) is 31.3 Å². The zero-order chi connectivity index (χ0) is 14.4. The molecule has 1 aromatic rings. The van der Waals surface area contributed by atoms with Crippen LogP contribution in [0.5, 0.6) is 0 Å².